The Bertz CT molecular complexity index is 2520. The zero-order valence-electron chi connectivity index (χ0n) is 24.2. The fourth-order valence-electron chi connectivity index (χ4n) is 6.21. The lowest BCUT2D eigenvalue weighted by molar-refractivity contribution is 1.19. The molecule has 0 unspecified atom stereocenters. The van der Waals surface area contributed by atoms with Gasteiger partial charge in [0.25, 0.3) is 0 Å². The lowest BCUT2D eigenvalue weighted by Crippen LogP contribution is -1.95. The molecular weight excluding hydrogens is 550 g/mol. The molecule has 9 aromatic rings. The van der Waals surface area contributed by atoms with Crippen LogP contribution in [0.3, 0.4) is 0 Å². The van der Waals surface area contributed by atoms with Gasteiger partial charge in [-0.2, -0.15) is 0 Å². The number of nitrogens with zero attached hydrogens (tertiary/aromatic N) is 5. The molecule has 4 aromatic heterocycles. The summed E-state index contributed by atoms with van der Waals surface area (Å²) in [6.07, 6.45) is 2.02. The van der Waals surface area contributed by atoms with Gasteiger partial charge in [0, 0.05) is 39.0 Å². The highest BCUT2D eigenvalue weighted by Gasteiger charge is 2.16. The van der Waals surface area contributed by atoms with Crippen molar-refractivity contribution in [2.24, 2.45) is 0 Å². The highest BCUT2D eigenvalue weighted by molar-refractivity contribution is 6.09. The molecule has 0 fully saturated rings. The fourth-order valence-corrected chi connectivity index (χ4v) is 6.21. The van der Waals surface area contributed by atoms with E-state index in [9.17, 15) is 0 Å². The van der Waals surface area contributed by atoms with Gasteiger partial charge in [-0.15, -0.1) is 0 Å². The molecule has 0 aliphatic heterocycles. The second kappa shape index (κ2) is 10.2. The fraction of sp³-hybridized carbons (Fsp3) is 0. The molecule has 5 nitrogen and oxygen atoms in total. The SMILES string of the molecule is c1ccc(-c2ccc(-c3nc(-c4ccc(-c5nc6c(nc7ccccn76)c6ccccc56)cc4)c4ccccc4n3)cc2)cc1. The Morgan fingerprint density at radius 3 is 1.73 bits per heavy atom. The van der Waals surface area contributed by atoms with Gasteiger partial charge in [-0.1, -0.05) is 127 Å². The van der Waals surface area contributed by atoms with Crippen LogP contribution >= 0.6 is 0 Å². The summed E-state index contributed by atoms with van der Waals surface area (Å²) >= 11 is 0. The van der Waals surface area contributed by atoms with Crippen LogP contribution in [-0.2, 0) is 0 Å². The third-order valence-corrected chi connectivity index (χ3v) is 8.44. The van der Waals surface area contributed by atoms with Crippen LogP contribution in [0.5, 0.6) is 0 Å². The molecule has 5 heteroatoms. The molecule has 0 spiro atoms. The first-order chi connectivity index (χ1) is 22.3. The predicted molar refractivity (Wildman–Crippen MR) is 183 cm³/mol. The number of aromatic nitrogens is 5. The summed E-state index contributed by atoms with van der Waals surface area (Å²) in [5.41, 5.74) is 10.8. The lowest BCUT2D eigenvalue weighted by Gasteiger charge is -2.11. The molecule has 210 valence electrons. The smallest absolute Gasteiger partial charge is 0.165 e. The van der Waals surface area contributed by atoms with E-state index in [0.717, 1.165) is 66.6 Å². The van der Waals surface area contributed by atoms with Crippen molar-refractivity contribution >= 4 is 38.5 Å². The van der Waals surface area contributed by atoms with E-state index in [4.69, 9.17) is 19.9 Å². The second-order valence-corrected chi connectivity index (χ2v) is 11.2. The van der Waals surface area contributed by atoms with Crippen LogP contribution in [0.4, 0.5) is 0 Å². The standard InChI is InChI=1S/C40H25N5/c1-2-10-26(11-3-1)27-17-23-30(24-18-27)39-41-34-15-7-6-14-33(34)37(43-39)29-21-19-28(20-22-29)36-31-12-4-5-13-32(31)38-40(44-36)45-25-9-8-16-35(45)42-38/h1-25H. The van der Waals surface area contributed by atoms with Crippen molar-refractivity contribution in [3.05, 3.63) is 152 Å². The number of hydrogen-bond acceptors (Lipinski definition) is 4. The molecule has 0 aliphatic rings. The summed E-state index contributed by atoms with van der Waals surface area (Å²) in [6.45, 7) is 0. The monoisotopic (exact) mass is 575 g/mol. The van der Waals surface area contributed by atoms with Crippen LogP contribution in [0.15, 0.2) is 152 Å². The Morgan fingerprint density at radius 1 is 0.378 bits per heavy atom. The summed E-state index contributed by atoms with van der Waals surface area (Å²) in [4.78, 5) is 20.2. The van der Waals surface area contributed by atoms with Crippen molar-refractivity contribution in [3.8, 4) is 45.0 Å². The van der Waals surface area contributed by atoms with E-state index < -0.39 is 0 Å². The minimum Gasteiger partial charge on any atom is -0.284 e. The van der Waals surface area contributed by atoms with Gasteiger partial charge in [0.15, 0.2) is 11.5 Å². The largest absolute Gasteiger partial charge is 0.284 e. The number of para-hydroxylation sites is 1. The highest BCUT2D eigenvalue weighted by atomic mass is 15.1. The van der Waals surface area contributed by atoms with Gasteiger partial charge in [-0.05, 0) is 29.3 Å². The number of imidazole rings is 1. The maximum Gasteiger partial charge on any atom is 0.165 e. The highest BCUT2D eigenvalue weighted by Crippen LogP contribution is 2.35. The molecule has 0 saturated heterocycles. The first kappa shape index (κ1) is 25.3. The van der Waals surface area contributed by atoms with Gasteiger partial charge in [0.2, 0.25) is 0 Å². The molecule has 5 aromatic carbocycles. The number of fused-ring (bicyclic) bond motifs is 6. The molecule has 0 saturated carbocycles. The van der Waals surface area contributed by atoms with Gasteiger partial charge < -0.3 is 0 Å². The summed E-state index contributed by atoms with van der Waals surface area (Å²) in [5, 5.41) is 3.19. The molecule has 0 amide bonds. The molecule has 0 radical (unpaired) electrons. The van der Waals surface area contributed by atoms with Crippen molar-refractivity contribution in [3.63, 3.8) is 0 Å². The molecule has 0 bridgehead atoms. The van der Waals surface area contributed by atoms with Crippen LogP contribution in [0.1, 0.15) is 0 Å². The third-order valence-electron chi connectivity index (χ3n) is 8.44. The minimum absolute atomic E-state index is 0.707. The Morgan fingerprint density at radius 2 is 0.956 bits per heavy atom. The van der Waals surface area contributed by atoms with E-state index in [1.165, 1.54) is 11.1 Å². The number of pyridine rings is 2. The average molecular weight is 576 g/mol. The Balaban J connectivity index is 1.16. The number of benzene rings is 5. The van der Waals surface area contributed by atoms with Crippen molar-refractivity contribution in [2.75, 3.05) is 0 Å². The second-order valence-electron chi connectivity index (χ2n) is 11.2. The van der Waals surface area contributed by atoms with Crippen LogP contribution in [0, 0.1) is 0 Å². The van der Waals surface area contributed by atoms with Crippen molar-refractivity contribution < 1.29 is 0 Å². The quantitative estimate of drug-likeness (QED) is 0.210. The van der Waals surface area contributed by atoms with E-state index in [0.29, 0.717) is 5.82 Å². The average Bonchev–Trinajstić information content (AvgIpc) is 3.50. The summed E-state index contributed by atoms with van der Waals surface area (Å²) in [7, 11) is 0. The summed E-state index contributed by atoms with van der Waals surface area (Å²) < 4.78 is 2.06. The summed E-state index contributed by atoms with van der Waals surface area (Å²) in [5.74, 6) is 0.707. The molecule has 4 heterocycles. The molecule has 0 aliphatic carbocycles. The van der Waals surface area contributed by atoms with Gasteiger partial charge in [0.1, 0.15) is 11.2 Å². The van der Waals surface area contributed by atoms with E-state index in [1.807, 2.05) is 42.6 Å². The normalized spacial score (nSPS) is 11.6. The predicted octanol–water partition coefficient (Wildman–Crippen LogP) is 9.65. The van der Waals surface area contributed by atoms with E-state index in [2.05, 4.69) is 114 Å². The van der Waals surface area contributed by atoms with Crippen molar-refractivity contribution in [1.82, 2.24) is 24.3 Å². The molecular formula is C40H25N5. The zero-order valence-corrected chi connectivity index (χ0v) is 24.2. The molecule has 45 heavy (non-hydrogen) atoms. The van der Waals surface area contributed by atoms with Crippen molar-refractivity contribution in [1.29, 1.82) is 0 Å². The van der Waals surface area contributed by atoms with Crippen LogP contribution in [0.2, 0.25) is 0 Å². The van der Waals surface area contributed by atoms with Gasteiger partial charge >= 0.3 is 0 Å². The topological polar surface area (TPSA) is 56.0 Å². The first-order valence-electron chi connectivity index (χ1n) is 15.0. The Kier molecular flexibility index (Phi) is 5.74. The van der Waals surface area contributed by atoms with Gasteiger partial charge in [-0.3, -0.25) is 4.40 Å². The molecule has 0 atom stereocenters. The Hall–Kier alpha value is -6.20. The summed E-state index contributed by atoms with van der Waals surface area (Å²) in [6, 6.07) is 50.1. The number of hydrogen-bond donors (Lipinski definition) is 0. The molecule has 0 N–H and O–H groups in total. The lowest BCUT2D eigenvalue weighted by atomic mass is 10.00. The maximum absolute atomic E-state index is 5.17. The molecule has 9 rings (SSSR count). The van der Waals surface area contributed by atoms with Crippen LogP contribution < -0.4 is 0 Å². The van der Waals surface area contributed by atoms with Crippen LogP contribution in [0.25, 0.3) is 83.5 Å². The maximum atomic E-state index is 5.17. The van der Waals surface area contributed by atoms with E-state index in [1.54, 1.807) is 0 Å². The first-order valence-corrected chi connectivity index (χ1v) is 15.0. The van der Waals surface area contributed by atoms with E-state index >= 15 is 0 Å². The Labute approximate surface area is 259 Å². The van der Waals surface area contributed by atoms with E-state index in [-0.39, 0.29) is 0 Å². The van der Waals surface area contributed by atoms with Crippen LogP contribution in [-0.4, -0.2) is 24.3 Å². The zero-order chi connectivity index (χ0) is 29.7. The van der Waals surface area contributed by atoms with Gasteiger partial charge in [-0.25, -0.2) is 19.9 Å². The third kappa shape index (κ3) is 4.25. The van der Waals surface area contributed by atoms with Gasteiger partial charge in [0.05, 0.1) is 16.9 Å². The minimum atomic E-state index is 0.707. The van der Waals surface area contributed by atoms with Crippen molar-refractivity contribution in [2.45, 2.75) is 0 Å². The number of rotatable bonds is 4.